The molecule has 0 saturated heterocycles. The highest BCUT2D eigenvalue weighted by Crippen LogP contribution is 2.14. The Morgan fingerprint density at radius 2 is 1.88 bits per heavy atom. The van der Waals surface area contributed by atoms with Gasteiger partial charge in [-0.2, -0.15) is 0 Å². The van der Waals surface area contributed by atoms with E-state index in [-0.39, 0.29) is 11.1 Å². The van der Waals surface area contributed by atoms with Crippen molar-refractivity contribution in [2.24, 2.45) is 0 Å². The van der Waals surface area contributed by atoms with E-state index in [4.69, 9.17) is 0 Å². The quantitative estimate of drug-likeness (QED) is 0.857. The van der Waals surface area contributed by atoms with Crippen LogP contribution in [0.4, 0.5) is 0 Å². The van der Waals surface area contributed by atoms with Crippen molar-refractivity contribution >= 4 is 0 Å². The molecule has 1 aromatic heterocycles. The first-order valence-corrected chi connectivity index (χ1v) is 6.41. The highest BCUT2D eigenvalue weighted by atomic mass is 15.4. The Morgan fingerprint density at radius 3 is 2.35 bits per heavy atom. The molecule has 1 N–H and O–H groups in total. The molecular formula is C13H26N4. The van der Waals surface area contributed by atoms with Gasteiger partial charge in [0.1, 0.15) is 0 Å². The standard InChI is InChI=1S/C13H26N4/c1-7-8-13(5,6)14-9-11-10-17(16-15-11)12(2,3)4/h10,14H,7-9H2,1-6H3. The first-order chi connectivity index (χ1) is 7.74. The van der Waals surface area contributed by atoms with Crippen molar-refractivity contribution in [1.29, 1.82) is 0 Å². The zero-order valence-electron chi connectivity index (χ0n) is 12.0. The molecule has 0 bridgehead atoms. The SMILES string of the molecule is CCCC(C)(C)NCc1cn(C(C)(C)C)nn1. The monoisotopic (exact) mass is 238 g/mol. The smallest absolute Gasteiger partial charge is 0.0965 e. The molecule has 0 atom stereocenters. The molecule has 98 valence electrons. The largest absolute Gasteiger partial charge is 0.306 e. The maximum atomic E-state index is 4.20. The van der Waals surface area contributed by atoms with Crippen LogP contribution < -0.4 is 5.32 Å². The Labute approximate surface area is 105 Å². The Hall–Kier alpha value is -0.900. The van der Waals surface area contributed by atoms with Gasteiger partial charge in [-0.1, -0.05) is 18.6 Å². The van der Waals surface area contributed by atoms with Gasteiger partial charge in [-0.3, -0.25) is 0 Å². The highest BCUT2D eigenvalue weighted by Gasteiger charge is 2.18. The van der Waals surface area contributed by atoms with Crippen LogP contribution in [0.1, 0.15) is 60.1 Å². The van der Waals surface area contributed by atoms with Crippen molar-refractivity contribution in [3.63, 3.8) is 0 Å². The Morgan fingerprint density at radius 1 is 1.24 bits per heavy atom. The molecule has 4 heteroatoms. The van der Waals surface area contributed by atoms with Crippen LogP contribution in [-0.2, 0) is 12.1 Å². The minimum Gasteiger partial charge on any atom is -0.306 e. The van der Waals surface area contributed by atoms with E-state index in [0.29, 0.717) is 0 Å². The molecule has 1 aromatic rings. The van der Waals surface area contributed by atoms with E-state index in [9.17, 15) is 0 Å². The summed E-state index contributed by atoms with van der Waals surface area (Å²) in [4.78, 5) is 0. The fraction of sp³-hybridized carbons (Fsp3) is 0.846. The van der Waals surface area contributed by atoms with Crippen molar-refractivity contribution in [1.82, 2.24) is 20.3 Å². The van der Waals surface area contributed by atoms with Gasteiger partial charge in [0, 0.05) is 12.1 Å². The molecule has 1 heterocycles. The van der Waals surface area contributed by atoms with Gasteiger partial charge in [0.15, 0.2) is 0 Å². The van der Waals surface area contributed by atoms with Crippen LogP contribution in [-0.4, -0.2) is 20.5 Å². The van der Waals surface area contributed by atoms with Crippen molar-refractivity contribution in [2.45, 2.75) is 72.0 Å². The summed E-state index contributed by atoms with van der Waals surface area (Å²) in [6.07, 6.45) is 4.38. The van der Waals surface area contributed by atoms with E-state index in [1.165, 1.54) is 12.8 Å². The van der Waals surface area contributed by atoms with Gasteiger partial charge in [0.2, 0.25) is 0 Å². The molecule has 0 aliphatic carbocycles. The zero-order chi connectivity index (χ0) is 13.1. The molecule has 17 heavy (non-hydrogen) atoms. The van der Waals surface area contributed by atoms with Crippen LogP contribution in [0.5, 0.6) is 0 Å². The number of rotatable bonds is 5. The molecule has 0 spiro atoms. The van der Waals surface area contributed by atoms with Crippen LogP contribution >= 0.6 is 0 Å². The summed E-state index contributed by atoms with van der Waals surface area (Å²) < 4.78 is 1.91. The predicted molar refractivity (Wildman–Crippen MR) is 70.8 cm³/mol. The highest BCUT2D eigenvalue weighted by molar-refractivity contribution is 4.95. The van der Waals surface area contributed by atoms with Crippen LogP contribution in [0, 0.1) is 0 Å². The number of hydrogen-bond donors (Lipinski definition) is 1. The first kappa shape index (κ1) is 14.2. The van der Waals surface area contributed by atoms with Gasteiger partial charge in [0.25, 0.3) is 0 Å². The fourth-order valence-corrected chi connectivity index (χ4v) is 1.75. The molecule has 0 radical (unpaired) electrons. The number of hydrogen-bond acceptors (Lipinski definition) is 3. The summed E-state index contributed by atoms with van der Waals surface area (Å²) in [5, 5.41) is 11.9. The van der Waals surface area contributed by atoms with Gasteiger partial charge >= 0.3 is 0 Å². The van der Waals surface area contributed by atoms with Crippen LogP contribution in [0.3, 0.4) is 0 Å². The Bertz CT molecular complexity index is 347. The van der Waals surface area contributed by atoms with Gasteiger partial charge in [0.05, 0.1) is 17.4 Å². The molecule has 0 saturated carbocycles. The third-order valence-corrected chi connectivity index (χ3v) is 2.85. The molecule has 0 amide bonds. The van der Waals surface area contributed by atoms with Crippen molar-refractivity contribution in [3.8, 4) is 0 Å². The second kappa shape index (κ2) is 5.17. The maximum Gasteiger partial charge on any atom is 0.0965 e. The molecule has 4 nitrogen and oxygen atoms in total. The number of nitrogens with zero attached hydrogens (tertiary/aromatic N) is 3. The van der Waals surface area contributed by atoms with Crippen LogP contribution in [0.2, 0.25) is 0 Å². The number of aromatic nitrogens is 3. The van der Waals surface area contributed by atoms with Crippen molar-refractivity contribution in [2.75, 3.05) is 0 Å². The average Bonchev–Trinajstić information content (AvgIpc) is 2.62. The first-order valence-electron chi connectivity index (χ1n) is 6.41. The lowest BCUT2D eigenvalue weighted by Gasteiger charge is -2.25. The second-order valence-corrected chi connectivity index (χ2v) is 6.31. The average molecular weight is 238 g/mol. The zero-order valence-corrected chi connectivity index (χ0v) is 12.0. The van der Waals surface area contributed by atoms with Gasteiger partial charge in [-0.15, -0.1) is 5.10 Å². The molecule has 0 aliphatic heterocycles. The van der Waals surface area contributed by atoms with Crippen molar-refractivity contribution < 1.29 is 0 Å². The lowest BCUT2D eigenvalue weighted by molar-refractivity contribution is 0.346. The summed E-state index contributed by atoms with van der Waals surface area (Å²) in [6.45, 7) is 13.8. The minimum atomic E-state index is 0.00415. The van der Waals surface area contributed by atoms with E-state index < -0.39 is 0 Å². The summed E-state index contributed by atoms with van der Waals surface area (Å²) in [7, 11) is 0. The maximum absolute atomic E-state index is 4.20. The third-order valence-electron chi connectivity index (χ3n) is 2.85. The summed E-state index contributed by atoms with van der Waals surface area (Å²) in [5.74, 6) is 0. The molecule has 0 aliphatic rings. The lowest BCUT2D eigenvalue weighted by atomic mass is 9.99. The summed E-state index contributed by atoms with van der Waals surface area (Å²) in [5.41, 5.74) is 1.17. The molecule has 0 aromatic carbocycles. The fourth-order valence-electron chi connectivity index (χ4n) is 1.75. The minimum absolute atomic E-state index is 0.00415. The van der Waals surface area contributed by atoms with Crippen LogP contribution in [0.15, 0.2) is 6.20 Å². The summed E-state index contributed by atoms with van der Waals surface area (Å²) in [6, 6.07) is 0. The van der Waals surface area contributed by atoms with Crippen molar-refractivity contribution in [3.05, 3.63) is 11.9 Å². The molecular weight excluding hydrogens is 212 g/mol. The van der Waals surface area contributed by atoms with E-state index in [1.807, 2.05) is 10.9 Å². The van der Waals surface area contributed by atoms with Gasteiger partial charge in [-0.25, -0.2) is 4.68 Å². The Balaban J connectivity index is 2.56. The Kier molecular flexibility index (Phi) is 4.31. The van der Waals surface area contributed by atoms with E-state index >= 15 is 0 Å². The van der Waals surface area contributed by atoms with Gasteiger partial charge in [-0.05, 0) is 41.0 Å². The summed E-state index contributed by atoms with van der Waals surface area (Å²) >= 11 is 0. The molecule has 0 unspecified atom stereocenters. The molecule has 0 fully saturated rings. The van der Waals surface area contributed by atoms with E-state index in [1.54, 1.807) is 0 Å². The van der Waals surface area contributed by atoms with Crippen LogP contribution in [0.25, 0.3) is 0 Å². The topological polar surface area (TPSA) is 42.7 Å². The molecule has 1 rings (SSSR count). The van der Waals surface area contributed by atoms with Gasteiger partial charge < -0.3 is 5.32 Å². The van der Waals surface area contributed by atoms with E-state index in [2.05, 4.69) is 57.2 Å². The normalized spacial score (nSPS) is 13.1. The van der Waals surface area contributed by atoms with E-state index in [0.717, 1.165) is 12.2 Å². The predicted octanol–water partition coefficient (Wildman–Crippen LogP) is 2.70. The third kappa shape index (κ3) is 4.46. The number of nitrogens with one attached hydrogen (secondary N) is 1. The lowest BCUT2D eigenvalue weighted by Crippen LogP contribution is -2.38. The second-order valence-electron chi connectivity index (χ2n) is 6.31.